The van der Waals surface area contributed by atoms with Crippen molar-refractivity contribution in [2.45, 2.75) is 245 Å². The highest BCUT2D eigenvalue weighted by Crippen LogP contribution is 2.14. The van der Waals surface area contributed by atoms with Gasteiger partial charge in [0.15, 0.2) is 6.10 Å². The third-order valence-electron chi connectivity index (χ3n) is 11.3. The first kappa shape index (κ1) is 62.6. The molecule has 0 amide bonds. The molecule has 66 heavy (non-hydrogen) atoms. The Bertz CT molecular complexity index is 1310. The van der Waals surface area contributed by atoms with Gasteiger partial charge in [0.1, 0.15) is 6.61 Å². The smallest absolute Gasteiger partial charge is 0.306 e. The Morgan fingerprint density at radius 3 is 1.14 bits per heavy atom. The minimum Gasteiger partial charge on any atom is -0.462 e. The van der Waals surface area contributed by atoms with E-state index < -0.39 is 6.10 Å². The topological polar surface area (TPSA) is 61.8 Å². The van der Waals surface area contributed by atoms with Crippen LogP contribution in [-0.2, 0) is 23.8 Å². The van der Waals surface area contributed by atoms with Crippen LogP contribution in [0.4, 0.5) is 0 Å². The summed E-state index contributed by atoms with van der Waals surface area (Å²) in [5, 5.41) is 0. The molecule has 376 valence electrons. The molecular weight excluding hydrogens is 813 g/mol. The van der Waals surface area contributed by atoms with Crippen LogP contribution in [0.1, 0.15) is 239 Å². The number of esters is 2. The van der Waals surface area contributed by atoms with Gasteiger partial charge in [-0.25, -0.2) is 0 Å². The van der Waals surface area contributed by atoms with Gasteiger partial charge in [-0.1, -0.05) is 214 Å². The summed E-state index contributed by atoms with van der Waals surface area (Å²) in [5.41, 5.74) is 0. The number of ether oxygens (including phenoxy) is 3. The van der Waals surface area contributed by atoms with E-state index in [1.807, 2.05) is 0 Å². The maximum atomic E-state index is 12.8. The predicted octanol–water partition coefficient (Wildman–Crippen LogP) is 18.8. The summed E-state index contributed by atoms with van der Waals surface area (Å²) in [6.07, 6.45) is 76.8. The molecule has 0 radical (unpaired) electrons. The first-order valence-electron chi connectivity index (χ1n) is 27.4. The standard InChI is InChI=1S/C61H102O5/c1-4-7-10-13-16-19-22-25-28-30-31-32-34-36-39-42-45-48-51-54-60(62)65-58-59(57-64-56-53-50-47-44-41-38-35-29-26-23-20-17-14-11-8-5-2)66-61(63)55-52-49-46-43-40-37-33-27-24-21-18-15-12-9-6-3/h8-9,11-12,17-18,20-21,25-29,33,38,40-41,43,59H,4-7,10,13-16,19,22-24,30-32,34-37,39,42,44-58H2,1-3H3/b11-8-,12-9-,20-17-,21-18-,28-25-,29-26-,33-27-,41-38-,43-40-. The highest BCUT2D eigenvalue weighted by Gasteiger charge is 2.17. The Hall–Kier alpha value is -3.44. The van der Waals surface area contributed by atoms with Gasteiger partial charge in [0.25, 0.3) is 0 Å². The van der Waals surface area contributed by atoms with Crippen LogP contribution in [0.2, 0.25) is 0 Å². The maximum Gasteiger partial charge on any atom is 0.306 e. The van der Waals surface area contributed by atoms with Gasteiger partial charge < -0.3 is 14.2 Å². The van der Waals surface area contributed by atoms with Crippen molar-refractivity contribution in [1.29, 1.82) is 0 Å². The molecule has 1 unspecified atom stereocenters. The lowest BCUT2D eigenvalue weighted by Crippen LogP contribution is -2.30. The van der Waals surface area contributed by atoms with Crippen molar-refractivity contribution in [2.75, 3.05) is 19.8 Å². The molecule has 0 fully saturated rings. The fourth-order valence-corrected chi connectivity index (χ4v) is 7.25. The van der Waals surface area contributed by atoms with Crippen LogP contribution in [0.25, 0.3) is 0 Å². The Morgan fingerprint density at radius 1 is 0.348 bits per heavy atom. The second-order valence-electron chi connectivity index (χ2n) is 17.7. The van der Waals surface area contributed by atoms with E-state index in [9.17, 15) is 9.59 Å². The monoisotopic (exact) mass is 915 g/mol. The van der Waals surface area contributed by atoms with Crippen LogP contribution >= 0.6 is 0 Å². The molecule has 0 spiro atoms. The molecule has 0 aromatic heterocycles. The van der Waals surface area contributed by atoms with Gasteiger partial charge in [-0.3, -0.25) is 9.59 Å². The van der Waals surface area contributed by atoms with E-state index in [2.05, 4.69) is 130 Å². The lowest BCUT2D eigenvalue weighted by Gasteiger charge is -2.18. The number of hydrogen-bond acceptors (Lipinski definition) is 5. The summed E-state index contributed by atoms with van der Waals surface area (Å²) in [6.45, 7) is 7.48. The van der Waals surface area contributed by atoms with Gasteiger partial charge in [-0.2, -0.15) is 0 Å². The van der Waals surface area contributed by atoms with Crippen molar-refractivity contribution in [3.8, 4) is 0 Å². The van der Waals surface area contributed by atoms with Crippen molar-refractivity contribution in [2.24, 2.45) is 0 Å². The second-order valence-corrected chi connectivity index (χ2v) is 17.7. The number of unbranched alkanes of at least 4 members (excludes halogenated alkanes) is 20. The zero-order valence-electron chi connectivity index (χ0n) is 43.2. The first-order chi connectivity index (χ1) is 32.6. The van der Waals surface area contributed by atoms with Crippen molar-refractivity contribution < 1.29 is 23.8 Å². The third kappa shape index (κ3) is 53.2. The Balaban J connectivity index is 4.38. The molecule has 0 aliphatic heterocycles. The second kappa shape index (κ2) is 55.9. The molecule has 0 aliphatic carbocycles. The molecule has 0 rings (SSSR count). The van der Waals surface area contributed by atoms with Crippen molar-refractivity contribution in [1.82, 2.24) is 0 Å². The van der Waals surface area contributed by atoms with Gasteiger partial charge in [0.05, 0.1) is 6.61 Å². The number of carbonyl (C=O) groups is 2. The van der Waals surface area contributed by atoms with Crippen molar-refractivity contribution in [3.05, 3.63) is 109 Å². The molecule has 0 aromatic carbocycles. The Kier molecular flexibility index (Phi) is 53.0. The molecule has 0 bridgehead atoms. The molecule has 1 atom stereocenters. The molecular formula is C61H102O5. The number of rotatable bonds is 49. The fourth-order valence-electron chi connectivity index (χ4n) is 7.25. The van der Waals surface area contributed by atoms with Gasteiger partial charge >= 0.3 is 11.9 Å². The number of hydrogen-bond donors (Lipinski definition) is 0. The van der Waals surface area contributed by atoms with E-state index >= 15 is 0 Å². The summed E-state index contributed by atoms with van der Waals surface area (Å²) >= 11 is 0. The molecule has 0 N–H and O–H groups in total. The van der Waals surface area contributed by atoms with Crippen molar-refractivity contribution >= 4 is 11.9 Å². The molecule has 0 saturated heterocycles. The molecule has 0 aliphatic rings. The zero-order valence-corrected chi connectivity index (χ0v) is 43.2. The largest absolute Gasteiger partial charge is 0.462 e. The van der Waals surface area contributed by atoms with E-state index in [1.165, 1.54) is 89.9 Å². The van der Waals surface area contributed by atoms with Gasteiger partial charge in [0.2, 0.25) is 0 Å². The lowest BCUT2D eigenvalue weighted by atomic mass is 10.1. The van der Waals surface area contributed by atoms with Gasteiger partial charge in [-0.15, -0.1) is 0 Å². The van der Waals surface area contributed by atoms with E-state index in [0.717, 1.165) is 116 Å². The number of carbonyl (C=O) groups excluding carboxylic acids is 2. The van der Waals surface area contributed by atoms with E-state index in [-0.39, 0.29) is 25.2 Å². The average Bonchev–Trinajstić information content (AvgIpc) is 3.32. The molecule has 0 saturated carbocycles. The highest BCUT2D eigenvalue weighted by atomic mass is 16.6. The first-order valence-corrected chi connectivity index (χ1v) is 27.4. The van der Waals surface area contributed by atoms with E-state index in [4.69, 9.17) is 14.2 Å². The van der Waals surface area contributed by atoms with Crippen LogP contribution in [0, 0.1) is 0 Å². The summed E-state index contributed by atoms with van der Waals surface area (Å²) in [6, 6.07) is 0. The van der Waals surface area contributed by atoms with Crippen molar-refractivity contribution in [3.63, 3.8) is 0 Å². The summed E-state index contributed by atoms with van der Waals surface area (Å²) < 4.78 is 17.4. The van der Waals surface area contributed by atoms with E-state index in [0.29, 0.717) is 19.4 Å². The minimum absolute atomic E-state index is 0.0489. The molecule has 0 heterocycles. The minimum atomic E-state index is -0.582. The molecule has 5 heteroatoms. The van der Waals surface area contributed by atoms with Gasteiger partial charge in [-0.05, 0) is 122 Å². The molecule has 5 nitrogen and oxygen atoms in total. The van der Waals surface area contributed by atoms with Crippen LogP contribution in [0.15, 0.2) is 109 Å². The third-order valence-corrected chi connectivity index (χ3v) is 11.3. The predicted molar refractivity (Wildman–Crippen MR) is 288 cm³/mol. The quantitative estimate of drug-likeness (QED) is 0.0346. The fraction of sp³-hybridized carbons (Fsp3) is 0.672. The van der Waals surface area contributed by atoms with Crippen LogP contribution in [0.5, 0.6) is 0 Å². The molecule has 0 aromatic rings. The normalized spacial score (nSPS) is 13.1. The maximum absolute atomic E-state index is 12.8. The van der Waals surface area contributed by atoms with E-state index in [1.54, 1.807) is 0 Å². The van der Waals surface area contributed by atoms with Crippen LogP contribution in [-0.4, -0.2) is 37.9 Å². The summed E-state index contributed by atoms with van der Waals surface area (Å²) in [4.78, 5) is 25.5. The summed E-state index contributed by atoms with van der Waals surface area (Å²) in [5.74, 6) is -0.468. The zero-order chi connectivity index (χ0) is 47.7. The lowest BCUT2D eigenvalue weighted by molar-refractivity contribution is -0.163. The Morgan fingerprint density at radius 2 is 0.682 bits per heavy atom. The highest BCUT2D eigenvalue weighted by molar-refractivity contribution is 5.70. The summed E-state index contributed by atoms with van der Waals surface area (Å²) in [7, 11) is 0. The average molecular weight is 915 g/mol. The SMILES string of the molecule is CC/C=C\C/C=C\C/C=C\C/C=C\CCCCCOCC(COC(=O)CCCCCCCCCCC/C=C\CCCCCCCC)OC(=O)CCCC/C=C\C/C=C\C/C=C\C/C=C\CC. The Labute approximate surface area is 408 Å². The van der Waals surface area contributed by atoms with Crippen LogP contribution in [0.3, 0.4) is 0 Å². The van der Waals surface area contributed by atoms with Gasteiger partial charge in [0, 0.05) is 19.4 Å². The number of allylic oxidation sites excluding steroid dienone is 18. The van der Waals surface area contributed by atoms with Crippen LogP contribution < -0.4 is 0 Å².